The van der Waals surface area contributed by atoms with Gasteiger partial charge in [-0.3, -0.25) is 0 Å². The van der Waals surface area contributed by atoms with Crippen molar-refractivity contribution in [2.45, 2.75) is 38.7 Å². The molecule has 4 heteroatoms. The molecule has 1 N–H and O–H groups in total. The van der Waals surface area contributed by atoms with Gasteiger partial charge in [-0.1, -0.05) is 48.8 Å². The molecule has 1 aromatic carbocycles. The van der Waals surface area contributed by atoms with Gasteiger partial charge in [0.15, 0.2) is 0 Å². The normalized spacial score (nSPS) is 13.5. The fourth-order valence-electron chi connectivity index (χ4n) is 1.78. The Balaban J connectivity index is 2.12. The molecule has 0 saturated carbocycles. The summed E-state index contributed by atoms with van der Waals surface area (Å²) in [5.41, 5.74) is 1.92. The molecule has 0 saturated heterocycles. The zero-order valence-electron chi connectivity index (χ0n) is 11.4. The zero-order chi connectivity index (χ0) is 14.0. The summed E-state index contributed by atoms with van der Waals surface area (Å²) in [6, 6.07) is 8.01. The number of aliphatic hydroxyl groups excluding tert-OH is 1. The number of nitrogens with zero attached hydrogens (tertiary/aromatic N) is 1. The van der Waals surface area contributed by atoms with E-state index < -0.39 is 6.10 Å². The van der Waals surface area contributed by atoms with E-state index in [-0.39, 0.29) is 5.41 Å². The molecule has 2 aromatic rings. The molecule has 0 aliphatic carbocycles. The minimum Gasteiger partial charge on any atom is -0.386 e. The number of benzene rings is 1. The lowest BCUT2D eigenvalue weighted by atomic mass is 9.98. The van der Waals surface area contributed by atoms with Crippen molar-refractivity contribution in [3.63, 3.8) is 0 Å². The van der Waals surface area contributed by atoms with Gasteiger partial charge < -0.3 is 5.11 Å². The molecule has 1 atom stereocenters. The van der Waals surface area contributed by atoms with E-state index in [4.69, 9.17) is 0 Å². The summed E-state index contributed by atoms with van der Waals surface area (Å²) < 4.78 is 1.03. The van der Waals surface area contributed by atoms with Gasteiger partial charge in [0.1, 0.15) is 6.10 Å². The van der Waals surface area contributed by atoms with Gasteiger partial charge in [-0.15, -0.1) is 11.3 Å². The number of aromatic nitrogens is 1. The van der Waals surface area contributed by atoms with Gasteiger partial charge in [-0.25, -0.2) is 4.98 Å². The fourth-order valence-corrected chi connectivity index (χ4v) is 3.18. The quantitative estimate of drug-likeness (QED) is 0.894. The topological polar surface area (TPSA) is 33.1 Å². The number of aliphatic hydroxyl groups is 1. The molecular weight excluding hydrogens is 322 g/mol. The molecule has 0 bridgehead atoms. The van der Waals surface area contributed by atoms with Crippen LogP contribution in [0.25, 0.3) is 0 Å². The number of hydrogen-bond donors (Lipinski definition) is 1. The Morgan fingerprint density at radius 3 is 2.68 bits per heavy atom. The van der Waals surface area contributed by atoms with Crippen LogP contribution in [0.2, 0.25) is 0 Å². The van der Waals surface area contributed by atoms with Crippen LogP contribution in [-0.4, -0.2) is 10.1 Å². The summed E-state index contributed by atoms with van der Waals surface area (Å²) >= 11 is 5.06. The first-order chi connectivity index (χ1) is 8.86. The van der Waals surface area contributed by atoms with Crippen LogP contribution in [-0.2, 0) is 11.8 Å². The van der Waals surface area contributed by atoms with Crippen molar-refractivity contribution in [2.75, 3.05) is 0 Å². The highest BCUT2D eigenvalue weighted by Gasteiger charge is 2.20. The lowest BCUT2D eigenvalue weighted by Crippen LogP contribution is -2.11. The molecule has 0 fully saturated rings. The lowest BCUT2D eigenvalue weighted by Gasteiger charge is -2.14. The largest absolute Gasteiger partial charge is 0.386 e. The zero-order valence-corrected chi connectivity index (χ0v) is 13.8. The van der Waals surface area contributed by atoms with Gasteiger partial charge >= 0.3 is 0 Å². The predicted octanol–water partition coefficient (Wildman–Crippen LogP) is 4.48. The third-order valence-electron chi connectivity index (χ3n) is 2.82. The molecular formula is C15H18BrNOS. The van der Waals surface area contributed by atoms with Crippen molar-refractivity contribution < 1.29 is 5.11 Å². The molecule has 102 valence electrons. The van der Waals surface area contributed by atoms with E-state index >= 15 is 0 Å². The monoisotopic (exact) mass is 339 g/mol. The highest BCUT2D eigenvalue weighted by molar-refractivity contribution is 9.10. The first kappa shape index (κ1) is 14.7. The predicted molar refractivity (Wildman–Crippen MR) is 83.6 cm³/mol. The van der Waals surface area contributed by atoms with Crippen LogP contribution >= 0.6 is 27.3 Å². The summed E-state index contributed by atoms with van der Waals surface area (Å²) in [4.78, 5) is 4.56. The highest BCUT2D eigenvalue weighted by atomic mass is 79.9. The molecule has 0 radical (unpaired) electrons. The van der Waals surface area contributed by atoms with Crippen molar-refractivity contribution in [3.05, 3.63) is 50.4 Å². The maximum atomic E-state index is 10.3. The number of thiazole rings is 1. The van der Waals surface area contributed by atoms with E-state index in [1.807, 2.05) is 29.6 Å². The van der Waals surface area contributed by atoms with E-state index in [0.29, 0.717) is 6.42 Å². The minimum absolute atomic E-state index is 0.0401. The summed E-state index contributed by atoms with van der Waals surface area (Å²) in [6.45, 7) is 6.41. The standard InChI is InChI=1S/C15H18BrNOS/c1-15(2,3)14-17-12(9-19-14)13(18)8-10-5-4-6-11(16)7-10/h4-7,9,13,18H,8H2,1-3H3. The molecule has 0 amide bonds. The van der Waals surface area contributed by atoms with Crippen molar-refractivity contribution in [2.24, 2.45) is 0 Å². The third-order valence-corrected chi connectivity index (χ3v) is 4.60. The first-order valence-corrected chi connectivity index (χ1v) is 7.92. The average Bonchev–Trinajstić information content (AvgIpc) is 2.77. The Kier molecular flexibility index (Phi) is 4.43. The van der Waals surface area contributed by atoms with Gasteiger partial charge in [0.25, 0.3) is 0 Å². The van der Waals surface area contributed by atoms with Crippen molar-refractivity contribution in [1.29, 1.82) is 0 Å². The number of rotatable bonds is 3. The maximum Gasteiger partial charge on any atom is 0.101 e. The van der Waals surface area contributed by atoms with Crippen LogP contribution in [0, 0.1) is 0 Å². The first-order valence-electron chi connectivity index (χ1n) is 6.24. The molecule has 0 aliphatic heterocycles. The average molecular weight is 340 g/mol. The second kappa shape index (κ2) is 5.73. The van der Waals surface area contributed by atoms with E-state index in [9.17, 15) is 5.11 Å². The van der Waals surface area contributed by atoms with Crippen LogP contribution in [0.1, 0.15) is 43.1 Å². The third kappa shape index (κ3) is 3.88. The Labute approximate surface area is 126 Å². The fraction of sp³-hybridized carbons (Fsp3) is 0.400. The van der Waals surface area contributed by atoms with Gasteiger partial charge in [-0.05, 0) is 17.7 Å². The summed E-state index contributed by atoms with van der Waals surface area (Å²) in [6.07, 6.45) is 0.0499. The number of halogens is 1. The minimum atomic E-state index is -0.540. The van der Waals surface area contributed by atoms with E-state index in [1.165, 1.54) is 0 Å². The summed E-state index contributed by atoms with van der Waals surface area (Å²) in [5.74, 6) is 0. The van der Waals surface area contributed by atoms with Crippen LogP contribution < -0.4 is 0 Å². The van der Waals surface area contributed by atoms with Crippen LogP contribution in [0.4, 0.5) is 0 Å². The van der Waals surface area contributed by atoms with Gasteiger partial charge in [0, 0.05) is 21.7 Å². The second-order valence-corrected chi connectivity index (χ2v) is 7.45. The lowest BCUT2D eigenvalue weighted by molar-refractivity contribution is 0.174. The van der Waals surface area contributed by atoms with Crippen LogP contribution in [0.3, 0.4) is 0 Å². The van der Waals surface area contributed by atoms with Gasteiger partial charge in [0.2, 0.25) is 0 Å². The molecule has 2 nitrogen and oxygen atoms in total. The van der Waals surface area contributed by atoms with Crippen molar-refractivity contribution in [1.82, 2.24) is 4.98 Å². The second-order valence-electron chi connectivity index (χ2n) is 5.68. The van der Waals surface area contributed by atoms with Gasteiger partial charge in [-0.2, -0.15) is 0 Å². The molecule has 19 heavy (non-hydrogen) atoms. The molecule has 1 heterocycles. The Hall–Kier alpha value is -0.710. The van der Waals surface area contributed by atoms with Crippen molar-refractivity contribution in [3.8, 4) is 0 Å². The van der Waals surface area contributed by atoms with Gasteiger partial charge in [0.05, 0.1) is 10.7 Å². The summed E-state index contributed by atoms with van der Waals surface area (Å²) in [5, 5.41) is 13.3. The van der Waals surface area contributed by atoms with Crippen LogP contribution in [0.15, 0.2) is 34.1 Å². The van der Waals surface area contributed by atoms with Crippen molar-refractivity contribution >= 4 is 27.3 Å². The maximum absolute atomic E-state index is 10.3. The molecule has 1 unspecified atom stereocenters. The Bertz CT molecular complexity index is 559. The smallest absolute Gasteiger partial charge is 0.101 e. The van der Waals surface area contributed by atoms with E-state index in [0.717, 1.165) is 20.7 Å². The molecule has 2 rings (SSSR count). The van der Waals surface area contributed by atoms with E-state index in [2.05, 4.69) is 41.7 Å². The Morgan fingerprint density at radius 1 is 1.37 bits per heavy atom. The van der Waals surface area contributed by atoms with E-state index in [1.54, 1.807) is 11.3 Å². The molecule has 0 aliphatic rings. The molecule has 0 spiro atoms. The number of hydrogen-bond acceptors (Lipinski definition) is 3. The van der Waals surface area contributed by atoms with Crippen LogP contribution in [0.5, 0.6) is 0 Å². The highest BCUT2D eigenvalue weighted by Crippen LogP contribution is 2.29. The Morgan fingerprint density at radius 2 is 2.11 bits per heavy atom. The summed E-state index contributed by atoms with van der Waals surface area (Å²) in [7, 11) is 0. The molecule has 1 aromatic heterocycles. The SMILES string of the molecule is CC(C)(C)c1nc(C(O)Cc2cccc(Br)c2)cs1.